The van der Waals surface area contributed by atoms with Crippen molar-refractivity contribution in [1.29, 1.82) is 0 Å². The lowest BCUT2D eigenvalue weighted by molar-refractivity contribution is 0.196. The summed E-state index contributed by atoms with van der Waals surface area (Å²) in [6, 6.07) is 12.6. The van der Waals surface area contributed by atoms with Crippen molar-refractivity contribution in [2.24, 2.45) is 5.92 Å². The summed E-state index contributed by atoms with van der Waals surface area (Å²) in [6.45, 7) is 6.02. The molecule has 2 aromatic rings. The van der Waals surface area contributed by atoms with E-state index in [1.165, 1.54) is 44.5 Å². The zero-order valence-corrected chi connectivity index (χ0v) is 13.5. The summed E-state index contributed by atoms with van der Waals surface area (Å²) in [5, 5.41) is 4.22. The van der Waals surface area contributed by atoms with E-state index in [1.807, 2.05) is 6.07 Å². The van der Waals surface area contributed by atoms with Crippen molar-refractivity contribution >= 4 is 0 Å². The molecular weight excluding hydrogens is 272 g/mol. The van der Waals surface area contributed by atoms with E-state index in [0.29, 0.717) is 5.92 Å². The fourth-order valence-corrected chi connectivity index (χ4v) is 3.33. The van der Waals surface area contributed by atoms with Crippen LogP contribution in [0, 0.1) is 5.92 Å². The van der Waals surface area contributed by atoms with Crippen molar-refractivity contribution in [3.63, 3.8) is 0 Å². The Kier molecular flexibility index (Phi) is 5.28. The Balaban J connectivity index is 1.50. The first-order valence-corrected chi connectivity index (χ1v) is 8.50. The molecule has 3 nitrogen and oxygen atoms in total. The summed E-state index contributed by atoms with van der Waals surface area (Å²) < 4.78 is 5.53. The van der Waals surface area contributed by atoms with Gasteiger partial charge in [0.15, 0.2) is 0 Å². The Hall–Kier alpha value is -1.61. The molecule has 3 heteroatoms. The van der Waals surface area contributed by atoms with E-state index in [4.69, 9.17) is 4.52 Å². The van der Waals surface area contributed by atoms with Crippen LogP contribution in [0.3, 0.4) is 0 Å². The summed E-state index contributed by atoms with van der Waals surface area (Å²) in [5.41, 5.74) is 2.31. The smallest absolute Gasteiger partial charge is 0.137 e. The van der Waals surface area contributed by atoms with Gasteiger partial charge in [0.05, 0.1) is 5.69 Å². The van der Waals surface area contributed by atoms with Crippen LogP contribution in [0.1, 0.15) is 43.2 Å². The second-order valence-electron chi connectivity index (χ2n) is 6.62. The van der Waals surface area contributed by atoms with E-state index in [9.17, 15) is 0 Å². The van der Waals surface area contributed by atoms with Crippen LogP contribution in [0.15, 0.2) is 40.9 Å². The highest BCUT2D eigenvalue weighted by Crippen LogP contribution is 2.16. The standard InChI is InChI=1S/C19H26N2O/c1-16(15-21-10-6-3-7-11-21)12-19-14-18(20-22-19)13-17-8-4-2-5-9-17/h2,4-5,8-9,14,16H,3,6-7,10-13,15H2,1H3. The van der Waals surface area contributed by atoms with Gasteiger partial charge in [0.2, 0.25) is 0 Å². The normalized spacial score (nSPS) is 17.5. The lowest BCUT2D eigenvalue weighted by Crippen LogP contribution is -2.33. The first-order chi connectivity index (χ1) is 10.8. The lowest BCUT2D eigenvalue weighted by Gasteiger charge is -2.28. The Labute approximate surface area is 133 Å². The van der Waals surface area contributed by atoms with Gasteiger partial charge in [0.25, 0.3) is 0 Å². The van der Waals surface area contributed by atoms with Crippen molar-refractivity contribution in [2.45, 2.75) is 39.0 Å². The van der Waals surface area contributed by atoms with Gasteiger partial charge in [-0.1, -0.05) is 48.8 Å². The SMILES string of the molecule is CC(Cc1cc(Cc2ccccc2)no1)CN1CCCCC1. The number of hydrogen-bond acceptors (Lipinski definition) is 3. The monoisotopic (exact) mass is 298 g/mol. The number of nitrogens with zero attached hydrogens (tertiary/aromatic N) is 2. The molecule has 22 heavy (non-hydrogen) atoms. The number of likely N-dealkylation sites (tertiary alicyclic amines) is 1. The molecule has 0 bridgehead atoms. The fraction of sp³-hybridized carbons (Fsp3) is 0.526. The minimum Gasteiger partial charge on any atom is -0.361 e. The van der Waals surface area contributed by atoms with Crippen LogP contribution >= 0.6 is 0 Å². The van der Waals surface area contributed by atoms with Crippen molar-refractivity contribution in [2.75, 3.05) is 19.6 Å². The molecule has 1 saturated heterocycles. The molecule has 1 aromatic heterocycles. The molecule has 0 saturated carbocycles. The molecule has 118 valence electrons. The molecule has 1 unspecified atom stereocenters. The molecule has 0 aliphatic carbocycles. The third kappa shape index (κ3) is 4.44. The topological polar surface area (TPSA) is 29.3 Å². The van der Waals surface area contributed by atoms with E-state index < -0.39 is 0 Å². The zero-order valence-electron chi connectivity index (χ0n) is 13.5. The van der Waals surface area contributed by atoms with Gasteiger partial charge < -0.3 is 9.42 Å². The van der Waals surface area contributed by atoms with Crippen LogP contribution in [-0.4, -0.2) is 29.7 Å². The highest BCUT2D eigenvalue weighted by molar-refractivity contribution is 5.21. The van der Waals surface area contributed by atoms with Crippen molar-refractivity contribution in [3.05, 3.63) is 53.4 Å². The molecule has 1 aromatic carbocycles. The number of hydrogen-bond donors (Lipinski definition) is 0. The maximum absolute atomic E-state index is 5.53. The second-order valence-corrected chi connectivity index (χ2v) is 6.62. The number of benzene rings is 1. The molecule has 1 aliphatic heterocycles. The molecule has 3 rings (SSSR count). The van der Waals surface area contributed by atoms with Crippen LogP contribution in [0.25, 0.3) is 0 Å². The minimum atomic E-state index is 0.621. The van der Waals surface area contributed by atoms with Crippen LogP contribution in [0.2, 0.25) is 0 Å². The summed E-state index contributed by atoms with van der Waals surface area (Å²) in [6.07, 6.45) is 5.95. The number of aromatic nitrogens is 1. The highest BCUT2D eigenvalue weighted by Gasteiger charge is 2.15. The molecule has 0 amide bonds. The largest absolute Gasteiger partial charge is 0.361 e. The molecule has 0 radical (unpaired) electrons. The Bertz CT molecular complexity index is 558. The molecule has 1 aliphatic rings. The molecule has 0 N–H and O–H groups in total. The van der Waals surface area contributed by atoms with Gasteiger partial charge in [-0.05, 0) is 37.4 Å². The molecule has 2 heterocycles. The highest BCUT2D eigenvalue weighted by atomic mass is 16.5. The summed E-state index contributed by atoms with van der Waals surface area (Å²) >= 11 is 0. The van der Waals surface area contributed by atoms with E-state index in [0.717, 1.165) is 24.3 Å². The van der Waals surface area contributed by atoms with Gasteiger partial charge in [-0.25, -0.2) is 0 Å². The van der Waals surface area contributed by atoms with Crippen molar-refractivity contribution in [1.82, 2.24) is 10.1 Å². The fourth-order valence-electron chi connectivity index (χ4n) is 3.33. The minimum absolute atomic E-state index is 0.621. The van der Waals surface area contributed by atoms with E-state index in [1.54, 1.807) is 0 Å². The third-order valence-electron chi connectivity index (χ3n) is 4.40. The van der Waals surface area contributed by atoms with Crippen LogP contribution in [0.4, 0.5) is 0 Å². The summed E-state index contributed by atoms with van der Waals surface area (Å²) in [7, 11) is 0. The Morgan fingerprint density at radius 2 is 1.91 bits per heavy atom. The van der Waals surface area contributed by atoms with Gasteiger partial charge in [-0.3, -0.25) is 0 Å². The van der Waals surface area contributed by atoms with Crippen LogP contribution in [-0.2, 0) is 12.8 Å². The van der Waals surface area contributed by atoms with Gasteiger partial charge >= 0.3 is 0 Å². The first kappa shape index (κ1) is 15.3. The average Bonchev–Trinajstić information content (AvgIpc) is 2.96. The quantitative estimate of drug-likeness (QED) is 0.809. The van der Waals surface area contributed by atoms with Crippen molar-refractivity contribution in [3.8, 4) is 0 Å². The van der Waals surface area contributed by atoms with Gasteiger partial charge in [-0.2, -0.15) is 0 Å². The van der Waals surface area contributed by atoms with Crippen LogP contribution in [0.5, 0.6) is 0 Å². The molecular formula is C19H26N2O. The van der Waals surface area contributed by atoms with E-state index in [-0.39, 0.29) is 0 Å². The molecule has 1 atom stereocenters. The van der Waals surface area contributed by atoms with E-state index in [2.05, 4.69) is 47.3 Å². The second kappa shape index (κ2) is 7.59. The molecule has 1 fully saturated rings. The predicted molar refractivity (Wildman–Crippen MR) is 88.9 cm³/mol. The van der Waals surface area contributed by atoms with Crippen molar-refractivity contribution < 1.29 is 4.52 Å². The Morgan fingerprint density at radius 1 is 1.14 bits per heavy atom. The predicted octanol–water partition coefficient (Wildman–Crippen LogP) is 3.93. The third-order valence-corrected chi connectivity index (χ3v) is 4.40. The summed E-state index contributed by atoms with van der Waals surface area (Å²) in [5.74, 6) is 1.64. The zero-order chi connectivity index (χ0) is 15.2. The Morgan fingerprint density at radius 3 is 2.68 bits per heavy atom. The van der Waals surface area contributed by atoms with E-state index >= 15 is 0 Å². The number of piperidine rings is 1. The van der Waals surface area contributed by atoms with Crippen LogP contribution < -0.4 is 0 Å². The van der Waals surface area contributed by atoms with Gasteiger partial charge in [-0.15, -0.1) is 0 Å². The maximum Gasteiger partial charge on any atom is 0.137 e. The average molecular weight is 298 g/mol. The maximum atomic E-state index is 5.53. The summed E-state index contributed by atoms with van der Waals surface area (Å²) in [4.78, 5) is 2.59. The molecule has 0 spiro atoms. The van der Waals surface area contributed by atoms with Gasteiger partial charge in [0, 0.05) is 25.5 Å². The first-order valence-electron chi connectivity index (χ1n) is 8.50. The van der Waals surface area contributed by atoms with Gasteiger partial charge in [0.1, 0.15) is 5.76 Å². The number of rotatable bonds is 6. The lowest BCUT2D eigenvalue weighted by atomic mass is 10.0.